The number of carbonyl (C=O) groups excluding carboxylic acids is 1. The van der Waals surface area contributed by atoms with Gasteiger partial charge in [-0.25, -0.2) is 0 Å². The van der Waals surface area contributed by atoms with E-state index in [0.29, 0.717) is 12.5 Å². The number of hydrogen-bond donors (Lipinski definition) is 0. The zero-order valence-corrected chi connectivity index (χ0v) is 14.6. The van der Waals surface area contributed by atoms with Crippen molar-refractivity contribution in [1.82, 2.24) is 0 Å². The fraction of sp³-hybridized carbons (Fsp3) is 0.947. The fourth-order valence-electron chi connectivity index (χ4n) is 3.91. The van der Waals surface area contributed by atoms with Crippen molar-refractivity contribution in [3.8, 4) is 0 Å². The van der Waals surface area contributed by atoms with Gasteiger partial charge in [-0.15, -0.1) is 0 Å². The molecule has 0 amide bonds. The second kappa shape index (κ2) is 10.2. The molecule has 0 unspecified atom stereocenters. The van der Waals surface area contributed by atoms with Gasteiger partial charge in [-0.2, -0.15) is 0 Å². The molecule has 0 spiro atoms. The molecule has 1 fully saturated rings. The van der Waals surface area contributed by atoms with Gasteiger partial charge in [0.1, 0.15) is 0 Å². The Kier molecular flexibility index (Phi) is 9.03. The molecule has 0 N–H and O–H groups in total. The maximum absolute atomic E-state index is 12.6. The summed E-state index contributed by atoms with van der Waals surface area (Å²) in [5.41, 5.74) is -0.265. The molecule has 0 aromatic heterocycles. The lowest BCUT2D eigenvalue weighted by Gasteiger charge is -2.36. The molecule has 124 valence electrons. The molecular weight excluding hydrogens is 260 g/mol. The van der Waals surface area contributed by atoms with Gasteiger partial charge in [0.2, 0.25) is 0 Å². The van der Waals surface area contributed by atoms with E-state index in [1.807, 2.05) is 6.92 Å². The normalized spacial score (nSPS) is 22.0. The smallest absolute Gasteiger partial charge is 0.312 e. The summed E-state index contributed by atoms with van der Waals surface area (Å²) in [6, 6.07) is 0. The third kappa shape index (κ3) is 6.00. The average molecular weight is 296 g/mol. The first-order chi connectivity index (χ1) is 10.1. The van der Waals surface area contributed by atoms with Crippen molar-refractivity contribution in [2.75, 3.05) is 6.61 Å². The summed E-state index contributed by atoms with van der Waals surface area (Å²) < 4.78 is 5.43. The minimum atomic E-state index is -0.265. The summed E-state index contributed by atoms with van der Waals surface area (Å²) >= 11 is 0. The number of esters is 1. The van der Waals surface area contributed by atoms with E-state index in [1.165, 1.54) is 64.2 Å². The maximum Gasteiger partial charge on any atom is 0.312 e. The summed E-state index contributed by atoms with van der Waals surface area (Å²) in [5.74, 6) is 0.557. The van der Waals surface area contributed by atoms with E-state index < -0.39 is 0 Å². The summed E-state index contributed by atoms with van der Waals surface area (Å²) in [6.07, 6.45) is 15.2. The van der Waals surface area contributed by atoms with E-state index in [1.54, 1.807) is 0 Å². The maximum atomic E-state index is 12.6. The Labute approximate surface area is 132 Å². The lowest BCUT2D eigenvalue weighted by molar-refractivity contribution is -0.159. The van der Waals surface area contributed by atoms with Gasteiger partial charge < -0.3 is 4.74 Å². The summed E-state index contributed by atoms with van der Waals surface area (Å²) in [6.45, 7) is 6.77. The van der Waals surface area contributed by atoms with E-state index in [2.05, 4.69) is 13.8 Å². The number of hydrogen-bond acceptors (Lipinski definition) is 2. The highest BCUT2D eigenvalue weighted by Crippen LogP contribution is 2.41. The molecule has 0 aromatic rings. The van der Waals surface area contributed by atoms with Crippen molar-refractivity contribution in [2.24, 2.45) is 11.3 Å². The molecule has 1 aliphatic rings. The molecule has 0 radical (unpaired) electrons. The van der Waals surface area contributed by atoms with Crippen molar-refractivity contribution in [1.29, 1.82) is 0 Å². The van der Waals surface area contributed by atoms with Crippen LogP contribution in [0.4, 0.5) is 0 Å². The standard InChI is InChI=1S/C19H36O2/c1-4-16-19(3,18(20)21-5-2)17-14-12-10-8-6-7-9-11-13-15-17/h17H,4-16H2,1-3H3/t19-/m0/s1. The zero-order valence-electron chi connectivity index (χ0n) is 14.6. The molecule has 2 heteroatoms. The lowest BCUT2D eigenvalue weighted by Crippen LogP contribution is -2.37. The first kappa shape index (κ1) is 18.5. The predicted octanol–water partition coefficient (Wildman–Crippen LogP) is 5.89. The second-order valence-corrected chi connectivity index (χ2v) is 6.99. The van der Waals surface area contributed by atoms with Crippen LogP contribution in [-0.4, -0.2) is 12.6 Å². The van der Waals surface area contributed by atoms with E-state index in [-0.39, 0.29) is 11.4 Å². The highest BCUT2D eigenvalue weighted by atomic mass is 16.5. The monoisotopic (exact) mass is 296 g/mol. The van der Waals surface area contributed by atoms with Crippen LogP contribution in [-0.2, 0) is 9.53 Å². The Morgan fingerprint density at radius 2 is 1.43 bits per heavy atom. The fourth-order valence-corrected chi connectivity index (χ4v) is 3.91. The van der Waals surface area contributed by atoms with Gasteiger partial charge in [-0.05, 0) is 39.0 Å². The van der Waals surface area contributed by atoms with Gasteiger partial charge in [0.05, 0.1) is 12.0 Å². The topological polar surface area (TPSA) is 26.3 Å². The highest BCUT2D eigenvalue weighted by molar-refractivity contribution is 5.76. The van der Waals surface area contributed by atoms with Crippen LogP contribution >= 0.6 is 0 Å². The van der Waals surface area contributed by atoms with Gasteiger partial charge >= 0.3 is 5.97 Å². The van der Waals surface area contributed by atoms with Crippen molar-refractivity contribution in [3.05, 3.63) is 0 Å². The Morgan fingerprint density at radius 1 is 0.952 bits per heavy atom. The Hall–Kier alpha value is -0.530. The largest absolute Gasteiger partial charge is 0.466 e. The molecule has 1 atom stereocenters. The molecule has 1 aliphatic carbocycles. The van der Waals surface area contributed by atoms with Crippen LogP contribution in [0.15, 0.2) is 0 Å². The Morgan fingerprint density at radius 3 is 1.86 bits per heavy atom. The third-order valence-electron chi connectivity index (χ3n) is 5.27. The SMILES string of the molecule is CCC[C@](C)(C(=O)OCC)C1CCCCCCCCCC1. The van der Waals surface area contributed by atoms with Crippen LogP contribution in [0.3, 0.4) is 0 Å². The molecule has 2 nitrogen and oxygen atoms in total. The highest BCUT2D eigenvalue weighted by Gasteiger charge is 2.40. The molecule has 21 heavy (non-hydrogen) atoms. The molecule has 0 saturated heterocycles. The van der Waals surface area contributed by atoms with Crippen LogP contribution in [0, 0.1) is 11.3 Å². The molecule has 1 saturated carbocycles. The van der Waals surface area contributed by atoms with Gasteiger partial charge in [0.15, 0.2) is 0 Å². The quantitative estimate of drug-likeness (QED) is 0.591. The van der Waals surface area contributed by atoms with Crippen molar-refractivity contribution >= 4 is 5.97 Å². The zero-order chi connectivity index (χ0) is 15.6. The van der Waals surface area contributed by atoms with Crippen LogP contribution < -0.4 is 0 Å². The van der Waals surface area contributed by atoms with Gasteiger partial charge in [0, 0.05) is 0 Å². The van der Waals surface area contributed by atoms with Gasteiger partial charge in [-0.3, -0.25) is 4.79 Å². The van der Waals surface area contributed by atoms with E-state index in [0.717, 1.165) is 12.8 Å². The Balaban J connectivity index is 2.76. The molecule has 1 rings (SSSR count). The summed E-state index contributed by atoms with van der Waals surface area (Å²) in [4.78, 5) is 12.6. The van der Waals surface area contributed by atoms with Crippen molar-refractivity contribution in [2.45, 2.75) is 97.8 Å². The van der Waals surface area contributed by atoms with Crippen molar-refractivity contribution < 1.29 is 9.53 Å². The third-order valence-corrected chi connectivity index (χ3v) is 5.27. The average Bonchev–Trinajstić information content (AvgIpc) is 2.52. The number of ether oxygens (including phenoxy) is 1. The van der Waals surface area contributed by atoms with Gasteiger partial charge in [-0.1, -0.05) is 64.7 Å². The minimum Gasteiger partial charge on any atom is -0.466 e. The van der Waals surface area contributed by atoms with Crippen LogP contribution in [0.1, 0.15) is 97.8 Å². The molecule has 0 bridgehead atoms. The minimum absolute atomic E-state index is 0.0479. The van der Waals surface area contributed by atoms with Crippen LogP contribution in [0.2, 0.25) is 0 Å². The number of rotatable bonds is 5. The molecule has 0 heterocycles. The molecule has 0 aromatic carbocycles. The summed E-state index contributed by atoms with van der Waals surface area (Å²) in [5, 5.41) is 0. The Bertz CT molecular complexity index is 275. The molecular formula is C19H36O2. The van der Waals surface area contributed by atoms with Crippen LogP contribution in [0.5, 0.6) is 0 Å². The van der Waals surface area contributed by atoms with Gasteiger partial charge in [0.25, 0.3) is 0 Å². The van der Waals surface area contributed by atoms with E-state index in [9.17, 15) is 4.79 Å². The summed E-state index contributed by atoms with van der Waals surface area (Å²) in [7, 11) is 0. The first-order valence-electron chi connectivity index (χ1n) is 9.32. The number of carbonyl (C=O) groups is 1. The molecule has 0 aliphatic heterocycles. The predicted molar refractivity (Wildman–Crippen MR) is 89.3 cm³/mol. The lowest BCUT2D eigenvalue weighted by atomic mass is 9.69. The second-order valence-electron chi connectivity index (χ2n) is 6.99. The van der Waals surface area contributed by atoms with Crippen LogP contribution in [0.25, 0.3) is 0 Å². The van der Waals surface area contributed by atoms with E-state index in [4.69, 9.17) is 4.74 Å². The van der Waals surface area contributed by atoms with E-state index >= 15 is 0 Å². The first-order valence-corrected chi connectivity index (χ1v) is 9.32. The van der Waals surface area contributed by atoms with Crippen molar-refractivity contribution in [3.63, 3.8) is 0 Å².